The number of aromatic nitrogens is 3. The molecule has 2 aliphatic rings. The molecule has 6 rings (SSSR count). The molecule has 162 valence electrons. The number of ether oxygens (including phenoxy) is 1. The van der Waals surface area contributed by atoms with Crippen LogP contribution < -0.4 is 5.32 Å². The summed E-state index contributed by atoms with van der Waals surface area (Å²) in [6, 6.07) is 22.0. The second-order valence-electron chi connectivity index (χ2n) is 8.77. The molecule has 1 saturated heterocycles. The molecule has 0 unspecified atom stereocenters. The Kier molecular flexibility index (Phi) is 5.09. The zero-order valence-electron chi connectivity index (χ0n) is 18.1. The van der Waals surface area contributed by atoms with Crippen LogP contribution >= 0.6 is 0 Å². The Morgan fingerprint density at radius 2 is 1.66 bits per heavy atom. The number of hydrogen-bond acceptors (Lipinski definition) is 5. The van der Waals surface area contributed by atoms with Crippen LogP contribution in [-0.2, 0) is 24.4 Å². The van der Waals surface area contributed by atoms with E-state index in [1.807, 2.05) is 22.8 Å². The second kappa shape index (κ2) is 8.37. The molecule has 0 atom stereocenters. The van der Waals surface area contributed by atoms with Gasteiger partial charge in [-0.1, -0.05) is 48.5 Å². The molecule has 0 amide bonds. The van der Waals surface area contributed by atoms with Crippen molar-refractivity contribution in [2.75, 3.05) is 18.5 Å². The summed E-state index contributed by atoms with van der Waals surface area (Å²) in [4.78, 5) is 7.05. The molecule has 32 heavy (non-hydrogen) atoms. The minimum Gasteiger partial charge on any atom is -0.381 e. The third-order valence-corrected chi connectivity index (χ3v) is 6.50. The molecule has 4 heterocycles. The SMILES string of the molecule is c1ccc2c(c1)CN(Cc1ccc(-c3cnc4ccc(NC5CCOCC5)nn34)cc1)C2. The molecule has 6 nitrogen and oxygen atoms in total. The second-order valence-corrected chi connectivity index (χ2v) is 8.77. The van der Waals surface area contributed by atoms with Crippen LogP contribution in [0.5, 0.6) is 0 Å². The van der Waals surface area contributed by atoms with Crippen LogP contribution in [0.15, 0.2) is 66.9 Å². The highest BCUT2D eigenvalue weighted by atomic mass is 16.5. The van der Waals surface area contributed by atoms with Crippen LogP contribution in [0.4, 0.5) is 5.82 Å². The fraction of sp³-hybridized carbons (Fsp3) is 0.308. The largest absolute Gasteiger partial charge is 0.381 e. The predicted molar refractivity (Wildman–Crippen MR) is 125 cm³/mol. The Labute approximate surface area is 187 Å². The van der Waals surface area contributed by atoms with Gasteiger partial charge < -0.3 is 10.1 Å². The summed E-state index contributed by atoms with van der Waals surface area (Å²) in [7, 11) is 0. The van der Waals surface area contributed by atoms with Gasteiger partial charge in [0.15, 0.2) is 5.65 Å². The summed E-state index contributed by atoms with van der Waals surface area (Å²) in [6.45, 7) is 4.63. The van der Waals surface area contributed by atoms with Crippen LogP contribution in [-0.4, -0.2) is 38.8 Å². The lowest BCUT2D eigenvalue weighted by atomic mass is 10.1. The number of imidazole rings is 1. The van der Waals surface area contributed by atoms with E-state index in [0.29, 0.717) is 6.04 Å². The number of nitrogens with zero attached hydrogens (tertiary/aromatic N) is 4. The lowest BCUT2D eigenvalue weighted by molar-refractivity contribution is 0.0903. The maximum atomic E-state index is 5.46. The lowest BCUT2D eigenvalue weighted by Crippen LogP contribution is -2.28. The van der Waals surface area contributed by atoms with Gasteiger partial charge in [-0.25, -0.2) is 9.50 Å². The normalized spacial score (nSPS) is 17.0. The minimum absolute atomic E-state index is 0.414. The van der Waals surface area contributed by atoms with Crippen LogP contribution in [0, 0.1) is 0 Å². The number of anilines is 1. The van der Waals surface area contributed by atoms with Crippen molar-refractivity contribution in [3.63, 3.8) is 0 Å². The molecule has 4 aromatic rings. The zero-order chi connectivity index (χ0) is 21.3. The summed E-state index contributed by atoms with van der Waals surface area (Å²) < 4.78 is 7.40. The Bertz CT molecular complexity index is 1200. The molecule has 2 aromatic heterocycles. The zero-order valence-corrected chi connectivity index (χ0v) is 18.1. The van der Waals surface area contributed by atoms with Crippen molar-refractivity contribution in [2.45, 2.75) is 38.5 Å². The van der Waals surface area contributed by atoms with E-state index in [1.54, 1.807) is 0 Å². The first-order chi connectivity index (χ1) is 15.8. The molecule has 1 N–H and O–H groups in total. The first-order valence-corrected chi connectivity index (χ1v) is 11.4. The van der Waals surface area contributed by atoms with Gasteiger partial charge in [0, 0.05) is 44.5 Å². The van der Waals surface area contributed by atoms with Gasteiger partial charge in [-0.3, -0.25) is 4.90 Å². The fourth-order valence-electron chi connectivity index (χ4n) is 4.75. The Morgan fingerprint density at radius 3 is 2.41 bits per heavy atom. The predicted octanol–water partition coefficient (Wildman–Crippen LogP) is 4.50. The van der Waals surface area contributed by atoms with Gasteiger partial charge in [0.05, 0.1) is 11.9 Å². The van der Waals surface area contributed by atoms with Crippen LogP contribution in [0.1, 0.15) is 29.5 Å². The fourth-order valence-corrected chi connectivity index (χ4v) is 4.75. The van der Waals surface area contributed by atoms with E-state index in [-0.39, 0.29) is 0 Å². The van der Waals surface area contributed by atoms with E-state index < -0.39 is 0 Å². The van der Waals surface area contributed by atoms with Crippen LogP contribution in [0.25, 0.3) is 16.9 Å². The Balaban J connectivity index is 1.19. The Hall–Kier alpha value is -3.22. The molecule has 6 heteroatoms. The van der Waals surface area contributed by atoms with Gasteiger partial charge in [-0.05, 0) is 41.7 Å². The van der Waals surface area contributed by atoms with E-state index in [1.165, 1.54) is 16.7 Å². The van der Waals surface area contributed by atoms with Gasteiger partial charge in [-0.15, -0.1) is 5.10 Å². The highest BCUT2D eigenvalue weighted by molar-refractivity contribution is 5.64. The molecule has 0 saturated carbocycles. The first-order valence-electron chi connectivity index (χ1n) is 11.4. The number of fused-ring (bicyclic) bond motifs is 2. The van der Waals surface area contributed by atoms with Gasteiger partial charge in [0.25, 0.3) is 0 Å². The van der Waals surface area contributed by atoms with Gasteiger partial charge in [-0.2, -0.15) is 0 Å². The van der Waals surface area contributed by atoms with Crippen LogP contribution in [0.2, 0.25) is 0 Å². The minimum atomic E-state index is 0.414. The monoisotopic (exact) mass is 425 g/mol. The number of benzene rings is 2. The van der Waals surface area contributed by atoms with E-state index in [2.05, 4.69) is 63.7 Å². The summed E-state index contributed by atoms with van der Waals surface area (Å²) in [6.07, 6.45) is 3.94. The topological polar surface area (TPSA) is 54.7 Å². The van der Waals surface area contributed by atoms with E-state index in [9.17, 15) is 0 Å². The van der Waals surface area contributed by atoms with Crippen molar-refractivity contribution in [1.29, 1.82) is 0 Å². The summed E-state index contributed by atoms with van der Waals surface area (Å²) in [5.41, 5.74) is 7.22. The van der Waals surface area contributed by atoms with E-state index >= 15 is 0 Å². The maximum absolute atomic E-state index is 5.46. The highest BCUT2D eigenvalue weighted by Crippen LogP contribution is 2.26. The standard InChI is InChI=1S/C26H27N5O/c1-2-4-22-18-30(17-21(22)3-1)16-19-5-7-20(8-6-19)24-15-27-26-10-9-25(29-31(24)26)28-23-11-13-32-14-12-23/h1-10,15,23H,11-14,16-18H2,(H,28,29). The quantitative estimate of drug-likeness (QED) is 0.510. The van der Waals surface area contributed by atoms with Crippen molar-refractivity contribution < 1.29 is 4.74 Å². The molecule has 0 bridgehead atoms. The van der Waals surface area contributed by atoms with E-state index in [4.69, 9.17) is 9.84 Å². The van der Waals surface area contributed by atoms with Gasteiger partial charge in [0.2, 0.25) is 0 Å². The first kappa shape index (κ1) is 19.5. The van der Waals surface area contributed by atoms with Crippen molar-refractivity contribution in [2.24, 2.45) is 0 Å². The number of hydrogen-bond donors (Lipinski definition) is 1. The van der Waals surface area contributed by atoms with Crippen molar-refractivity contribution >= 4 is 11.5 Å². The average Bonchev–Trinajstić information content (AvgIpc) is 3.44. The Morgan fingerprint density at radius 1 is 0.906 bits per heavy atom. The maximum Gasteiger partial charge on any atom is 0.154 e. The molecule has 0 spiro atoms. The molecular weight excluding hydrogens is 398 g/mol. The molecule has 0 radical (unpaired) electrons. The van der Waals surface area contributed by atoms with Gasteiger partial charge in [0.1, 0.15) is 5.82 Å². The van der Waals surface area contributed by atoms with Crippen LogP contribution in [0.3, 0.4) is 0 Å². The van der Waals surface area contributed by atoms with Crippen molar-refractivity contribution in [3.05, 3.63) is 83.6 Å². The summed E-state index contributed by atoms with van der Waals surface area (Å²) in [5, 5.41) is 8.38. The third kappa shape index (κ3) is 3.87. The smallest absolute Gasteiger partial charge is 0.154 e. The molecule has 2 aromatic carbocycles. The summed E-state index contributed by atoms with van der Waals surface area (Å²) in [5.74, 6) is 0.883. The molecular formula is C26H27N5O. The lowest BCUT2D eigenvalue weighted by Gasteiger charge is -2.23. The highest BCUT2D eigenvalue weighted by Gasteiger charge is 2.18. The third-order valence-electron chi connectivity index (χ3n) is 6.50. The van der Waals surface area contributed by atoms with Crippen molar-refractivity contribution in [3.8, 4) is 11.3 Å². The molecule has 1 fully saturated rings. The van der Waals surface area contributed by atoms with E-state index in [0.717, 1.165) is 68.4 Å². The van der Waals surface area contributed by atoms with Crippen molar-refractivity contribution in [1.82, 2.24) is 19.5 Å². The summed E-state index contributed by atoms with van der Waals surface area (Å²) >= 11 is 0. The molecule has 0 aliphatic carbocycles. The molecule has 2 aliphatic heterocycles. The average molecular weight is 426 g/mol. The van der Waals surface area contributed by atoms with Gasteiger partial charge >= 0.3 is 0 Å². The number of rotatable bonds is 5. The number of nitrogens with one attached hydrogen (secondary N) is 1.